The van der Waals surface area contributed by atoms with Crippen molar-refractivity contribution in [3.05, 3.63) is 58.1 Å². The van der Waals surface area contributed by atoms with Gasteiger partial charge in [0.25, 0.3) is 5.91 Å². The quantitative estimate of drug-likeness (QED) is 0.802. The van der Waals surface area contributed by atoms with Crippen LogP contribution in [0.5, 0.6) is 0 Å². The number of hydrogen-bond donors (Lipinski definition) is 1. The third-order valence-electron chi connectivity index (χ3n) is 4.06. The van der Waals surface area contributed by atoms with E-state index < -0.39 is 0 Å². The lowest BCUT2D eigenvalue weighted by atomic mass is 9.90. The normalized spacial score (nSPS) is 19.8. The Morgan fingerprint density at radius 1 is 1.20 bits per heavy atom. The van der Waals surface area contributed by atoms with E-state index in [0.29, 0.717) is 0 Å². The predicted molar refractivity (Wildman–Crippen MR) is 83.0 cm³/mol. The summed E-state index contributed by atoms with van der Waals surface area (Å²) in [6.07, 6.45) is 0.978. The van der Waals surface area contributed by atoms with Gasteiger partial charge in [0, 0.05) is 11.0 Å². The molecule has 0 spiro atoms. The SMILES string of the molecule is O=C1Nc2ccc(Br)cc2N2CCc3ccccc3C12. The molecule has 2 aromatic carbocycles. The molecule has 0 aliphatic carbocycles. The van der Waals surface area contributed by atoms with Gasteiger partial charge in [-0.3, -0.25) is 4.79 Å². The number of hydrogen-bond acceptors (Lipinski definition) is 2. The summed E-state index contributed by atoms with van der Waals surface area (Å²) in [6.45, 7) is 0.874. The fourth-order valence-electron chi connectivity index (χ4n) is 3.16. The standard InChI is InChI=1S/C16H13BrN2O/c17-11-5-6-13-14(9-11)19-8-7-10-3-1-2-4-12(10)15(19)16(20)18-13/h1-6,9,15H,7-8H2,(H,18,20). The summed E-state index contributed by atoms with van der Waals surface area (Å²) in [6, 6.07) is 14.0. The van der Waals surface area contributed by atoms with Gasteiger partial charge in [-0.25, -0.2) is 0 Å². The highest BCUT2D eigenvalue weighted by Crippen LogP contribution is 2.42. The van der Waals surface area contributed by atoms with Crippen molar-refractivity contribution in [2.45, 2.75) is 12.5 Å². The maximum Gasteiger partial charge on any atom is 0.251 e. The number of carbonyl (C=O) groups excluding carboxylic acids is 1. The third kappa shape index (κ3) is 1.68. The van der Waals surface area contributed by atoms with Crippen LogP contribution in [0.25, 0.3) is 0 Å². The van der Waals surface area contributed by atoms with Gasteiger partial charge in [-0.2, -0.15) is 0 Å². The van der Waals surface area contributed by atoms with E-state index in [0.717, 1.165) is 34.4 Å². The molecule has 1 amide bonds. The first-order valence-corrected chi connectivity index (χ1v) is 7.48. The minimum Gasteiger partial charge on any atom is -0.354 e. The predicted octanol–water partition coefficient (Wildman–Crippen LogP) is 3.51. The Kier molecular flexibility index (Phi) is 2.60. The van der Waals surface area contributed by atoms with E-state index in [1.165, 1.54) is 5.56 Å². The van der Waals surface area contributed by atoms with E-state index in [2.05, 4.69) is 44.3 Å². The molecule has 2 aliphatic heterocycles. The van der Waals surface area contributed by atoms with E-state index in [4.69, 9.17) is 0 Å². The summed E-state index contributed by atoms with van der Waals surface area (Å²) in [7, 11) is 0. The topological polar surface area (TPSA) is 32.3 Å². The Bertz CT molecular complexity index is 713. The van der Waals surface area contributed by atoms with Crippen LogP contribution in [-0.4, -0.2) is 12.5 Å². The summed E-state index contributed by atoms with van der Waals surface area (Å²) in [5.41, 5.74) is 4.40. The Labute approximate surface area is 125 Å². The van der Waals surface area contributed by atoms with Gasteiger partial charge in [-0.15, -0.1) is 0 Å². The second-order valence-electron chi connectivity index (χ2n) is 5.20. The van der Waals surface area contributed by atoms with Gasteiger partial charge >= 0.3 is 0 Å². The molecule has 0 aromatic heterocycles. The molecule has 0 bridgehead atoms. The number of rotatable bonds is 0. The number of fused-ring (bicyclic) bond motifs is 5. The molecular formula is C16H13BrN2O. The zero-order valence-corrected chi connectivity index (χ0v) is 12.4. The van der Waals surface area contributed by atoms with Crippen molar-refractivity contribution in [1.29, 1.82) is 0 Å². The Hall–Kier alpha value is -1.81. The van der Waals surface area contributed by atoms with Gasteiger partial charge < -0.3 is 10.2 Å². The van der Waals surface area contributed by atoms with Crippen LogP contribution in [0.3, 0.4) is 0 Å². The summed E-state index contributed by atoms with van der Waals surface area (Å²) < 4.78 is 1.03. The zero-order chi connectivity index (χ0) is 13.7. The maximum atomic E-state index is 12.5. The monoisotopic (exact) mass is 328 g/mol. The smallest absolute Gasteiger partial charge is 0.251 e. The fraction of sp³-hybridized carbons (Fsp3) is 0.188. The van der Waals surface area contributed by atoms with Gasteiger partial charge in [0.05, 0.1) is 11.4 Å². The Morgan fingerprint density at radius 3 is 2.95 bits per heavy atom. The number of nitrogens with zero attached hydrogens (tertiary/aromatic N) is 1. The summed E-state index contributed by atoms with van der Waals surface area (Å²) in [4.78, 5) is 14.7. The average molecular weight is 329 g/mol. The van der Waals surface area contributed by atoms with Crippen LogP contribution in [0.1, 0.15) is 17.2 Å². The van der Waals surface area contributed by atoms with Gasteiger partial charge in [-0.1, -0.05) is 40.2 Å². The molecule has 0 saturated heterocycles. The summed E-state index contributed by atoms with van der Waals surface area (Å²) >= 11 is 3.51. The van der Waals surface area contributed by atoms with Crippen LogP contribution in [0.15, 0.2) is 46.9 Å². The molecule has 1 atom stereocenters. The Balaban J connectivity index is 1.89. The van der Waals surface area contributed by atoms with Gasteiger partial charge in [0.2, 0.25) is 0 Å². The highest BCUT2D eigenvalue weighted by Gasteiger charge is 2.37. The van der Waals surface area contributed by atoms with Crippen molar-refractivity contribution >= 4 is 33.2 Å². The first-order valence-electron chi connectivity index (χ1n) is 6.69. The number of benzene rings is 2. The molecule has 100 valence electrons. The molecule has 0 radical (unpaired) electrons. The van der Waals surface area contributed by atoms with Crippen LogP contribution in [-0.2, 0) is 11.2 Å². The van der Waals surface area contributed by atoms with Gasteiger partial charge in [-0.05, 0) is 35.7 Å². The third-order valence-corrected chi connectivity index (χ3v) is 4.55. The molecule has 1 unspecified atom stereocenters. The van der Waals surface area contributed by atoms with Crippen LogP contribution < -0.4 is 10.2 Å². The summed E-state index contributed by atoms with van der Waals surface area (Å²) in [5.74, 6) is 0.0620. The maximum absolute atomic E-state index is 12.5. The van der Waals surface area contributed by atoms with E-state index in [9.17, 15) is 4.79 Å². The number of amides is 1. The molecular weight excluding hydrogens is 316 g/mol. The first kappa shape index (κ1) is 12.0. The lowest BCUT2D eigenvalue weighted by molar-refractivity contribution is -0.117. The van der Waals surface area contributed by atoms with E-state index >= 15 is 0 Å². The van der Waals surface area contributed by atoms with Gasteiger partial charge in [0.15, 0.2) is 0 Å². The fourth-order valence-corrected chi connectivity index (χ4v) is 3.51. The van der Waals surface area contributed by atoms with E-state index in [1.54, 1.807) is 0 Å². The average Bonchev–Trinajstić information content (AvgIpc) is 2.47. The summed E-state index contributed by atoms with van der Waals surface area (Å²) in [5, 5.41) is 3.03. The molecule has 2 heterocycles. The molecule has 0 saturated carbocycles. The minimum atomic E-state index is -0.207. The second kappa shape index (κ2) is 4.35. The van der Waals surface area contributed by atoms with Crippen molar-refractivity contribution in [1.82, 2.24) is 0 Å². The van der Waals surface area contributed by atoms with Gasteiger partial charge in [0.1, 0.15) is 6.04 Å². The van der Waals surface area contributed by atoms with Crippen molar-refractivity contribution < 1.29 is 4.79 Å². The molecule has 1 N–H and O–H groups in total. The molecule has 2 aromatic rings. The lowest BCUT2D eigenvalue weighted by Crippen LogP contribution is -2.45. The highest BCUT2D eigenvalue weighted by atomic mass is 79.9. The number of anilines is 2. The molecule has 0 fully saturated rings. The lowest BCUT2D eigenvalue weighted by Gasteiger charge is -2.42. The van der Waals surface area contributed by atoms with Crippen molar-refractivity contribution in [3.63, 3.8) is 0 Å². The molecule has 2 aliphatic rings. The van der Waals surface area contributed by atoms with Crippen LogP contribution in [0.4, 0.5) is 11.4 Å². The van der Waals surface area contributed by atoms with Crippen molar-refractivity contribution in [3.8, 4) is 0 Å². The number of nitrogens with one attached hydrogen (secondary N) is 1. The molecule has 4 heteroatoms. The molecule has 4 rings (SSSR count). The van der Waals surface area contributed by atoms with E-state index in [1.807, 2.05) is 24.3 Å². The largest absolute Gasteiger partial charge is 0.354 e. The van der Waals surface area contributed by atoms with Crippen LogP contribution in [0, 0.1) is 0 Å². The van der Waals surface area contributed by atoms with Crippen molar-refractivity contribution in [2.75, 3.05) is 16.8 Å². The van der Waals surface area contributed by atoms with Crippen molar-refractivity contribution in [2.24, 2.45) is 0 Å². The zero-order valence-electron chi connectivity index (χ0n) is 10.8. The number of carbonyl (C=O) groups is 1. The van der Waals surface area contributed by atoms with Crippen LogP contribution in [0.2, 0.25) is 0 Å². The molecule has 20 heavy (non-hydrogen) atoms. The minimum absolute atomic E-state index is 0.0620. The first-order chi connectivity index (χ1) is 9.74. The Morgan fingerprint density at radius 2 is 2.05 bits per heavy atom. The highest BCUT2D eigenvalue weighted by molar-refractivity contribution is 9.10. The number of halogens is 1. The second-order valence-corrected chi connectivity index (χ2v) is 6.11. The van der Waals surface area contributed by atoms with Crippen LogP contribution >= 0.6 is 15.9 Å². The molecule has 3 nitrogen and oxygen atoms in total. The van der Waals surface area contributed by atoms with E-state index in [-0.39, 0.29) is 11.9 Å².